The Bertz CT molecular complexity index is 1340. The molecule has 2 aromatic heterocycles. The van der Waals surface area contributed by atoms with Gasteiger partial charge in [-0.15, -0.1) is 10.2 Å². The van der Waals surface area contributed by atoms with Gasteiger partial charge in [0.2, 0.25) is 10.9 Å². The Labute approximate surface area is 175 Å². The van der Waals surface area contributed by atoms with Crippen LogP contribution < -0.4 is 10.3 Å². The summed E-state index contributed by atoms with van der Waals surface area (Å²) in [6, 6.07) is 12.6. The smallest absolute Gasteiger partial charge is 0.297 e. The number of fused-ring (bicyclic) bond motifs is 2. The average molecular weight is 419 g/mol. The fraction of sp³-hybridized carbons (Fsp3) is 0.182. The second-order valence-corrected chi connectivity index (χ2v) is 8.40. The number of aromatic nitrogens is 2. The molecule has 5 rings (SSSR count). The maximum Gasteiger partial charge on any atom is 0.297 e. The molecule has 0 aliphatic carbocycles. The zero-order chi connectivity index (χ0) is 21.0. The van der Waals surface area contributed by atoms with Crippen molar-refractivity contribution in [1.29, 1.82) is 0 Å². The minimum Gasteiger partial charge on any atom is -0.508 e. The molecule has 0 spiro atoms. The molecule has 3 heterocycles. The number of nitrogens with zero attached hydrogens (tertiary/aromatic N) is 3. The quantitative estimate of drug-likeness (QED) is 0.534. The van der Waals surface area contributed by atoms with Crippen LogP contribution in [-0.2, 0) is 0 Å². The van der Waals surface area contributed by atoms with Crippen LogP contribution >= 0.6 is 11.3 Å². The molecule has 1 aliphatic heterocycles. The second kappa shape index (κ2) is 6.77. The molecule has 0 saturated carbocycles. The largest absolute Gasteiger partial charge is 0.508 e. The number of rotatable bonds is 3. The summed E-state index contributed by atoms with van der Waals surface area (Å²) in [5, 5.41) is 19.7. The molecule has 8 heteroatoms. The van der Waals surface area contributed by atoms with Crippen LogP contribution in [0.4, 0.5) is 5.13 Å². The van der Waals surface area contributed by atoms with E-state index in [1.165, 1.54) is 28.4 Å². The number of para-hydroxylation sites is 1. The van der Waals surface area contributed by atoms with Crippen LogP contribution in [0.15, 0.2) is 57.7 Å². The van der Waals surface area contributed by atoms with Gasteiger partial charge in [-0.05, 0) is 29.8 Å². The first-order valence-electron chi connectivity index (χ1n) is 9.47. The lowest BCUT2D eigenvalue weighted by molar-refractivity contribution is 0.0970. The number of phenols is 1. The van der Waals surface area contributed by atoms with Crippen LogP contribution in [0, 0.1) is 0 Å². The third-order valence-corrected chi connectivity index (χ3v) is 6.34. The number of carbonyl (C=O) groups excluding carboxylic acids is 1. The third-order valence-electron chi connectivity index (χ3n) is 5.12. The van der Waals surface area contributed by atoms with E-state index in [1.807, 2.05) is 13.8 Å². The van der Waals surface area contributed by atoms with Gasteiger partial charge in [-0.3, -0.25) is 14.5 Å². The summed E-state index contributed by atoms with van der Waals surface area (Å²) in [4.78, 5) is 28.3. The molecule has 150 valence electrons. The van der Waals surface area contributed by atoms with Gasteiger partial charge < -0.3 is 9.52 Å². The number of anilines is 1. The first-order valence-corrected chi connectivity index (χ1v) is 10.3. The molecule has 0 radical (unpaired) electrons. The average Bonchev–Trinajstić information content (AvgIpc) is 3.33. The van der Waals surface area contributed by atoms with E-state index in [-0.39, 0.29) is 28.4 Å². The molecule has 7 nitrogen and oxygen atoms in total. The van der Waals surface area contributed by atoms with Gasteiger partial charge in [0.15, 0.2) is 5.43 Å². The summed E-state index contributed by atoms with van der Waals surface area (Å²) in [5.74, 6) is -0.167. The van der Waals surface area contributed by atoms with Crippen molar-refractivity contribution in [2.24, 2.45) is 0 Å². The predicted octanol–water partition coefficient (Wildman–Crippen LogP) is 4.22. The second-order valence-electron chi connectivity index (χ2n) is 7.42. The zero-order valence-electron chi connectivity index (χ0n) is 16.2. The van der Waals surface area contributed by atoms with Crippen molar-refractivity contribution in [2.45, 2.75) is 25.8 Å². The van der Waals surface area contributed by atoms with Gasteiger partial charge in [-0.1, -0.05) is 49.4 Å². The van der Waals surface area contributed by atoms with Gasteiger partial charge in [0.1, 0.15) is 16.3 Å². The Balaban J connectivity index is 1.78. The van der Waals surface area contributed by atoms with Crippen molar-refractivity contribution in [3.63, 3.8) is 0 Å². The van der Waals surface area contributed by atoms with E-state index in [1.54, 1.807) is 36.4 Å². The molecule has 0 saturated heterocycles. The number of hydrogen-bond donors (Lipinski definition) is 1. The van der Waals surface area contributed by atoms with Gasteiger partial charge in [-0.2, -0.15) is 0 Å². The number of carbonyl (C=O) groups is 1. The van der Waals surface area contributed by atoms with E-state index >= 15 is 0 Å². The molecule has 1 atom stereocenters. The fourth-order valence-electron chi connectivity index (χ4n) is 3.65. The molecular formula is C22H17N3O4S. The minimum atomic E-state index is -0.720. The van der Waals surface area contributed by atoms with Crippen molar-refractivity contribution in [1.82, 2.24) is 10.2 Å². The van der Waals surface area contributed by atoms with E-state index in [0.29, 0.717) is 21.7 Å². The molecule has 0 bridgehead atoms. The Hall–Kier alpha value is -3.52. The van der Waals surface area contributed by atoms with Crippen LogP contribution in [0.2, 0.25) is 0 Å². The van der Waals surface area contributed by atoms with E-state index in [9.17, 15) is 14.7 Å². The zero-order valence-corrected chi connectivity index (χ0v) is 17.0. The van der Waals surface area contributed by atoms with Gasteiger partial charge >= 0.3 is 0 Å². The molecule has 2 aromatic carbocycles. The number of phenolic OH excluding ortho intramolecular Hbond substituents is 1. The summed E-state index contributed by atoms with van der Waals surface area (Å²) in [6.07, 6.45) is 0. The van der Waals surface area contributed by atoms with E-state index in [0.717, 1.165) is 5.01 Å². The lowest BCUT2D eigenvalue weighted by Crippen LogP contribution is -2.29. The number of aromatic hydroxyl groups is 1. The molecule has 0 fully saturated rings. The normalized spacial score (nSPS) is 15.9. The van der Waals surface area contributed by atoms with Crippen molar-refractivity contribution in [3.8, 4) is 5.75 Å². The van der Waals surface area contributed by atoms with Crippen LogP contribution in [0.5, 0.6) is 5.75 Å². The van der Waals surface area contributed by atoms with Crippen molar-refractivity contribution >= 4 is 33.3 Å². The van der Waals surface area contributed by atoms with Gasteiger partial charge in [0, 0.05) is 5.92 Å². The maximum atomic E-state index is 13.4. The SMILES string of the molecule is CC(C)c1nnc(N2C(=O)c3oc4ccccc4c(=O)c3C2c2ccc(O)cc2)s1. The van der Waals surface area contributed by atoms with Crippen LogP contribution in [0.1, 0.15) is 52.5 Å². The Kier molecular flexibility index (Phi) is 4.18. The number of hydrogen-bond acceptors (Lipinski definition) is 7. The summed E-state index contributed by atoms with van der Waals surface area (Å²) in [7, 11) is 0. The van der Waals surface area contributed by atoms with Crippen molar-refractivity contribution in [2.75, 3.05) is 4.90 Å². The van der Waals surface area contributed by atoms with Crippen LogP contribution in [0.25, 0.3) is 11.0 Å². The lowest BCUT2D eigenvalue weighted by atomic mass is 9.98. The van der Waals surface area contributed by atoms with Gasteiger partial charge in [0.25, 0.3) is 5.91 Å². The van der Waals surface area contributed by atoms with Crippen molar-refractivity contribution < 1.29 is 14.3 Å². The van der Waals surface area contributed by atoms with Gasteiger partial charge in [0.05, 0.1) is 17.0 Å². The highest BCUT2D eigenvalue weighted by molar-refractivity contribution is 7.15. The highest BCUT2D eigenvalue weighted by atomic mass is 32.1. The summed E-state index contributed by atoms with van der Waals surface area (Å²) >= 11 is 1.31. The number of benzene rings is 2. The Morgan fingerprint density at radius 1 is 1.07 bits per heavy atom. The summed E-state index contributed by atoms with van der Waals surface area (Å²) in [5.41, 5.74) is 1.05. The minimum absolute atomic E-state index is 0.0121. The van der Waals surface area contributed by atoms with E-state index in [2.05, 4.69) is 10.2 Å². The van der Waals surface area contributed by atoms with Gasteiger partial charge in [-0.25, -0.2) is 0 Å². The number of amides is 1. The molecule has 1 aliphatic rings. The monoisotopic (exact) mass is 419 g/mol. The molecule has 4 aromatic rings. The molecule has 30 heavy (non-hydrogen) atoms. The standard InChI is InChI=1S/C22H17N3O4S/c1-11(2)20-23-24-22(30-20)25-17(12-7-9-13(26)10-8-12)16-18(27)14-5-3-4-6-15(14)29-19(16)21(25)28/h3-11,17,26H,1-2H3. The molecular weight excluding hydrogens is 402 g/mol. The molecule has 1 unspecified atom stereocenters. The first-order chi connectivity index (χ1) is 14.5. The van der Waals surface area contributed by atoms with E-state index in [4.69, 9.17) is 4.42 Å². The summed E-state index contributed by atoms with van der Waals surface area (Å²) < 4.78 is 5.89. The lowest BCUT2D eigenvalue weighted by Gasteiger charge is -2.22. The molecule has 1 N–H and O–H groups in total. The maximum absolute atomic E-state index is 13.4. The van der Waals surface area contributed by atoms with Crippen molar-refractivity contribution in [3.05, 3.63) is 80.6 Å². The van der Waals surface area contributed by atoms with Crippen LogP contribution in [0.3, 0.4) is 0 Å². The summed E-state index contributed by atoms with van der Waals surface area (Å²) in [6.45, 7) is 4.00. The highest BCUT2D eigenvalue weighted by Gasteiger charge is 2.45. The van der Waals surface area contributed by atoms with Crippen LogP contribution in [-0.4, -0.2) is 21.2 Å². The topological polar surface area (TPSA) is 96.5 Å². The Morgan fingerprint density at radius 3 is 2.50 bits per heavy atom. The third kappa shape index (κ3) is 2.72. The fourth-order valence-corrected chi connectivity index (χ4v) is 4.52. The first kappa shape index (κ1) is 18.5. The molecule has 1 amide bonds. The predicted molar refractivity (Wildman–Crippen MR) is 113 cm³/mol. The Morgan fingerprint density at radius 2 is 1.80 bits per heavy atom. The highest BCUT2D eigenvalue weighted by Crippen LogP contribution is 2.42. The van der Waals surface area contributed by atoms with E-state index < -0.39 is 11.9 Å².